The fraction of sp³-hybridized carbons (Fsp3) is 0.923. The second-order valence-corrected chi connectivity index (χ2v) is 5.35. The quantitative estimate of drug-likeness (QED) is 0.783. The predicted molar refractivity (Wildman–Crippen MR) is 66.5 cm³/mol. The lowest BCUT2D eigenvalue weighted by Gasteiger charge is -2.27. The number of carbonyl (C=O) groups is 1. The van der Waals surface area contributed by atoms with Crippen molar-refractivity contribution in [3.8, 4) is 0 Å². The molecule has 1 aliphatic carbocycles. The average molecular weight is 240 g/mol. The van der Waals surface area contributed by atoms with Gasteiger partial charge in [-0.25, -0.2) is 0 Å². The minimum atomic E-state index is 0.166. The molecule has 0 radical (unpaired) electrons. The monoisotopic (exact) mass is 240 g/mol. The molecule has 4 nitrogen and oxygen atoms in total. The van der Waals surface area contributed by atoms with Crippen molar-refractivity contribution in [1.29, 1.82) is 0 Å². The minimum absolute atomic E-state index is 0.166. The Kier molecular flexibility index (Phi) is 4.40. The van der Waals surface area contributed by atoms with Gasteiger partial charge in [0.2, 0.25) is 5.91 Å². The van der Waals surface area contributed by atoms with Crippen molar-refractivity contribution in [2.24, 2.45) is 17.6 Å². The van der Waals surface area contributed by atoms with Gasteiger partial charge >= 0.3 is 0 Å². The van der Waals surface area contributed by atoms with E-state index in [9.17, 15) is 4.79 Å². The van der Waals surface area contributed by atoms with Crippen molar-refractivity contribution in [2.75, 3.05) is 26.2 Å². The van der Waals surface area contributed by atoms with E-state index in [0.717, 1.165) is 45.4 Å². The van der Waals surface area contributed by atoms with Crippen LogP contribution in [0.25, 0.3) is 0 Å². The molecule has 17 heavy (non-hydrogen) atoms. The predicted octanol–water partition coefficient (Wildman–Crippen LogP) is 0.999. The summed E-state index contributed by atoms with van der Waals surface area (Å²) in [6.07, 6.45) is 4.41. The van der Waals surface area contributed by atoms with Crippen molar-refractivity contribution in [2.45, 2.75) is 38.7 Å². The van der Waals surface area contributed by atoms with Crippen LogP contribution < -0.4 is 5.73 Å². The molecule has 1 aliphatic heterocycles. The molecular formula is C13H24N2O2. The van der Waals surface area contributed by atoms with Gasteiger partial charge in [-0.05, 0) is 38.6 Å². The first-order chi connectivity index (χ1) is 8.22. The van der Waals surface area contributed by atoms with Gasteiger partial charge in [0, 0.05) is 25.6 Å². The zero-order chi connectivity index (χ0) is 12.3. The molecule has 2 fully saturated rings. The Morgan fingerprint density at radius 3 is 3.00 bits per heavy atom. The average Bonchev–Trinajstić information content (AvgIpc) is 2.70. The molecule has 0 aromatic carbocycles. The van der Waals surface area contributed by atoms with Crippen LogP contribution in [0.15, 0.2) is 0 Å². The Bertz CT molecular complexity index is 270. The zero-order valence-electron chi connectivity index (χ0n) is 10.7. The summed E-state index contributed by atoms with van der Waals surface area (Å²) < 4.78 is 5.58. The van der Waals surface area contributed by atoms with Crippen LogP contribution in [0.4, 0.5) is 0 Å². The maximum atomic E-state index is 12.5. The van der Waals surface area contributed by atoms with E-state index < -0.39 is 0 Å². The van der Waals surface area contributed by atoms with Crippen LogP contribution in [-0.2, 0) is 9.53 Å². The van der Waals surface area contributed by atoms with E-state index in [1.54, 1.807) is 0 Å². The second kappa shape index (κ2) is 5.83. The maximum absolute atomic E-state index is 12.5. The maximum Gasteiger partial charge on any atom is 0.226 e. The molecule has 1 heterocycles. The summed E-state index contributed by atoms with van der Waals surface area (Å²) in [4.78, 5) is 14.5. The van der Waals surface area contributed by atoms with Gasteiger partial charge in [0.25, 0.3) is 0 Å². The van der Waals surface area contributed by atoms with Crippen molar-refractivity contribution in [1.82, 2.24) is 4.90 Å². The smallest absolute Gasteiger partial charge is 0.226 e. The van der Waals surface area contributed by atoms with Gasteiger partial charge in [0.05, 0.1) is 6.10 Å². The summed E-state index contributed by atoms with van der Waals surface area (Å²) in [6.45, 7) is 5.05. The van der Waals surface area contributed by atoms with Crippen molar-refractivity contribution >= 4 is 5.91 Å². The molecule has 0 aromatic heterocycles. The number of nitrogens with two attached hydrogens (primary N) is 1. The Morgan fingerprint density at radius 1 is 1.41 bits per heavy atom. The molecule has 0 bridgehead atoms. The van der Waals surface area contributed by atoms with E-state index >= 15 is 0 Å². The molecule has 3 atom stereocenters. The lowest BCUT2D eigenvalue weighted by Crippen LogP contribution is -2.41. The molecular weight excluding hydrogens is 216 g/mol. The molecule has 2 rings (SSSR count). The third-order valence-electron chi connectivity index (χ3n) is 4.04. The summed E-state index contributed by atoms with van der Waals surface area (Å²) >= 11 is 0. The summed E-state index contributed by atoms with van der Waals surface area (Å²) in [7, 11) is 0. The first-order valence-electron chi connectivity index (χ1n) is 6.83. The Labute approximate surface area is 103 Å². The van der Waals surface area contributed by atoms with Crippen molar-refractivity contribution in [3.05, 3.63) is 0 Å². The minimum Gasteiger partial charge on any atom is -0.377 e. The number of hydrogen-bond donors (Lipinski definition) is 1. The number of ether oxygens (including phenoxy) is 1. The molecule has 1 amide bonds. The molecule has 0 spiro atoms. The largest absolute Gasteiger partial charge is 0.377 e. The number of hydrogen-bond acceptors (Lipinski definition) is 3. The Hall–Kier alpha value is -0.610. The van der Waals surface area contributed by atoms with Crippen LogP contribution in [0.1, 0.15) is 32.6 Å². The van der Waals surface area contributed by atoms with Crippen LogP contribution in [-0.4, -0.2) is 43.2 Å². The molecule has 1 unspecified atom stereocenters. The van der Waals surface area contributed by atoms with Gasteiger partial charge in [0.1, 0.15) is 0 Å². The molecule has 2 N–H and O–H groups in total. The fourth-order valence-corrected chi connectivity index (χ4v) is 3.07. The molecule has 98 valence electrons. The van der Waals surface area contributed by atoms with E-state index in [0.29, 0.717) is 18.4 Å². The lowest BCUT2D eigenvalue weighted by atomic mass is 9.94. The van der Waals surface area contributed by atoms with E-state index in [4.69, 9.17) is 10.5 Å². The highest BCUT2D eigenvalue weighted by atomic mass is 16.5. The number of rotatable bonds is 2. The fourth-order valence-electron chi connectivity index (χ4n) is 3.07. The van der Waals surface area contributed by atoms with Crippen molar-refractivity contribution < 1.29 is 9.53 Å². The zero-order valence-corrected chi connectivity index (χ0v) is 10.7. The number of carbonyl (C=O) groups excluding carboxylic acids is 1. The lowest BCUT2D eigenvalue weighted by molar-refractivity contribution is -0.137. The van der Waals surface area contributed by atoms with E-state index in [1.165, 1.54) is 0 Å². The second-order valence-electron chi connectivity index (χ2n) is 5.35. The molecule has 4 heteroatoms. The van der Waals surface area contributed by atoms with Gasteiger partial charge in [-0.3, -0.25) is 4.79 Å². The summed E-state index contributed by atoms with van der Waals surface area (Å²) in [5.74, 6) is 0.891. The van der Waals surface area contributed by atoms with Gasteiger partial charge in [0.15, 0.2) is 0 Å². The number of amides is 1. The third kappa shape index (κ3) is 2.99. The van der Waals surface area contributed by atoms with Gasteiger partial charge in [-0.15, -0.1) is 0 Å². The van der Waals surface area contributed by atoms with E-state index in [1.807, 2.05) is 11.8 Å². The van der Waals surface area contributed by atoms with Crippen LogP contribution in [0.5, 0.6) is 0 Å². The van der Waals surface area contributed by atoms with Crippen LogP contribution >= 0.6 is 0 Å². The Morgan fingerprint density at radius 2 is 2.24 bits per heavy atom. The molecule has 1 saturated heterocycles. The van der Waals surface area contributed by atoms with Crippen LogP contribution in [0, 0.1) is 11.8 Å². The third-order valence-corrected chi connectivity index (χ3v) is 4.04. The highest BCUT2D eigenvalue weighted by molar-refractivity contribution is 5.79. The summed E-state index contributed by atoms with van der Waals surface area (Å²) in [6, 6.07) is 0. The van der Waals surface area contributed by atoms with Gasteiger partial charge in [-0.1, -0.05) is 6.42 Å². The highest BCUT2D eigenvalue weighted by Gasteiger charge is 2.35. The topological polar surface area (TPSA) is 55.6 Å². The van der Waals surface area contributed by atoms with Crippen LogP contribution in [0.2, 0.25) is 0 Å². The SMILES string of the molecule is CC1CN(C(=O)[C@@H]2CCC[C@@H]2CN)CCCO1. The van der Waals surface area contributed by atoms with Crippen LogP contribution in [0.3, 0.4) is 0 Å². The highest BCUT2D eigenvalue weighted by Crippen LogP contribution is 2.32. The summed E-state index contributed by atoms with van der Waals surface area (Å²) in [5.41, 5.74) is 5.75. The molecule has 2 aliphatic rings. The standard InChI is InChI=1S/C13H24N2O2/c1-10-9-15(6-3-7-17-10)13(16)12-5-2-4-11(12)8-14/h10-12H,2-9,14H2,1H3/t10?,11-,12-/m1/s1. The van der Waals surface area contributed by atoms with Gasteiger partial charge in [-0.2, -0.15) is 0 Å². The first-order valence-corrected chi connectivity index (χ1v) is 6.83. The Balaban J connectivity index is 1.97. The van der Waals surface area contributed by atoms with Crippen molar-refractivity contribution in [3.63, 3.8) is 0 Å². The number of nitrogens with zero attached hydrogens (tertiary/aromatic N) is 1. The normalized spacial score (nSPS) is 34.7. The van der Waals surface area contributed by atoms with E-state index in [-0.39, 0.29) is 12.0 Å². The van der Waals surface area contributed by atoms with Gasteiger partial charge < -0.3 is 15.4 Å². The summed E-state index contributed by atoms with van der Waals surface area (Å²) in [5, 5.41) is 0. The molecule has 1 saturated carbocycles. The van der Waals surface area contributed by atoms with E-state index in [2.05, 4.69) is 0 Å². The molecule has 0 aromatic rings. The first kappa shape index (κ1) is 12.8.